The molecule has 0 saturated heterocycles. The fraction of sp³-hybridized carbons (Fsp3) is 0.500. The van der Waals surface area contributed by atoms with Gasteiger partial charge in [-0.25, -0.2) is 4.79 Å². The molecule has 1 amide bonds. The lowest BCUT2D eigenvalue weighted by Gasteiger charge is -2.06. The summed E-state index contributed by atoms with van der Waals surface area (Å²) in [5, 5.41) is 13.4. The zero-order valence-electron chi connectivity index (χ0n) is 10.4. The number of carbonyl (C=O) groups is 2. The molecular formula is C12H17NO3S2. The van der Waals surface area contributed by atoms with Gasteiger partial charge >= 0.3 is 5.97 Å². The van der Waals surface area contributed by atoms with E-state index in [2.05, 4.69) is 19.2 Å². The Hall–Kier alpha value is -1.01. The van der Waals surface area contributed by atoms with Crippen LogP contribution < -0.4 is 5.32 Å². The molecule has 1 aromatic rings. The first-order valence-electron chi connectivity index (χ1n) is 5.70. The summed E-state index contributed by atoms with van der Waals surface area (Å²) in [7, 11) is 0. The third-order valence-corrected chi connectivity index (χ3v) is 4.24. The van der Waals surface area contributed by atoms with Crippen molar-refractivity contribution in [3.8, 4) is 0 Å². The van der Waals surface area contributed by atoms with Gasteiger partial charge < -0.3 is 10.4 Å². The third-order valence-electron chi connectivity index (χ3n) is 2.20. The molecule has 100 valence electrons. The minimum absolute atomic E-state index is 0.0104. The number of nitrogens with one attached hydrogen (secondary N) is 1. The molecule has 0 unspecified atom stereocenters. The van der Waals surface area contributed by atoms with Crippen molar-refractivity contribution in [1.29, 1.82) is 0 Å². The van der Waals surface area contributed by atoms with Crippen LogP contribution in [0.4, 0.5) is 0 Å². The van der Waals surface area contributed by atoms with E-state index >= 15 is 0 Å². The Kier molecular flexibility index (Phi) is 6.21. The fourth-order valence-corrected chi connectivity index (χ4v) is 2.91. The van der Waals surface area contributed by atoms with E-state index in [9.17, 15) is 9.59 Å². The quantitative estimate of drug-likeness (QED) is 0.757. The summed E-state index contributed by atoms with van der Waals surface area (Å²) in [6.45, 7) is 4.92. The molecule has 0 aliphatic heterocycles. The Morgan fingerprint density at radius 3 is 2.78 bits per heavy atom. The molecule has 0 aliphatic rings. The molecule has 6 heteroatoms. The van der Waals surface area contributed by atoms with Gasteiger partial charge in [0.1, 0.15) is 4.88 Å². The van der Waals surface area contributed by atoms with E-state index in [1.54, 1.807) is 11.4 Å². The Morgan fingerprint density at radius 1 is 1.50 bits per heavy atom. The largest absolute Gasteiger partial charge is 0.477 e. The second-order valence-electron chi connectivity index (χ2n) is 4.27. The van der Waals surface area contributed by atoms with Crippen molar-refractivity contribution in [2.75, 3.05) is 12.3 Å². The molecule has 0 fully saturated rings. The zero-order valence-corrected chi connectivity index (χ0v) is 12.1. The highest BCUT2D eigenvalue weighted by Gasteiger charge is 2.08. The minimum atomic E-state index is -0.923. The highest BCUT2D eigenvalue weighted by atomic mass is 32.2. The number of thioether (sulfide) groups is 1. The average molecular weight is 287 g/mol. The maximum Gasteiger partial charge on any atom is 0.345 e. The summed E-state index contributed by atoms with van der Waals surface area (Å²) in [4.78, 5) is 23.3. The summed E-state index contributed by atoms with van der Waals surface area (Å²) in [6.07, 6.45) is 0.970. The zero-order chi connectivity index (χ0) is 13.5. The number of carbonyl (C=O) groups excluding carboxylic acids is 1. The van der Waals surface area contributed by atoms with Gasteiger partial charge in [0, 0.05) is 16.8 Å². The molecule has 0 aliphatic carbocycles. The van der Waals surface area contributed by atoms with E-state index in [0.717, 1.165) is 11.3 Å². The normalized spacial score (nSPS) is 10.6. The summed E-state index contributed by atoms with van der Waals surface area (Å²) >= 11 is 2.54. The molecule has 0 bridgehead atoms. The SMILES string of the molecule is CC(C)CCNC(=O)CSc1csc(C(=O)O)c1. The van der Waals surface area contributed by atoms with Crippen LogP contribution in [0.1, 0.15) is 29.9 Å². The molecule has 1 aromatic heterocycles. The maximum atomic E-state index is 11.5. The van der Waals surface area contributed by atoms with Gasteiger partial charge in [0.25, 0.3) is 0 Å². The van der Waals surface area contributed by atoms with Crippen LogP contribution in [-0.2, 0) is 4.79 Å². The molecule has 4 nitrogen and oxygen atoms in total. The van der Waals surface area contributed by atoms with E-state index < -0.39 is 5.97 Å². The molecule has 0 atom stereocenters. The molecule has 1 heterocycles. The van der Waals surface area contributed by atoms with E-state index in [0.29, 0.717) is 23.1 Å². The Balaban J connectivity index is 2.27. The van der Waals surface area contributed by atoms with E-state index in [1.807, 2.05) is 0 Å². The van der Waals surface area contributed by atoms with Crippen LogP contribution in [0.15, 0.2) is 16.3 Å². The van der Waals surface area contributed by atoms with Crippen molar-refractivity contribution < 1.29 is 14.7 Å². The fourth-order valence-electron chi connectivity index (χ4n) is 1.21. The number of rotatable bonds is 7. The van der Waals surface area contributed by atoms with Crippen LogP contribution in [0.5, 0.6) is 0 Å². The van der Waals surface area contributed by atoms with Crippen LogP contribution in [0.3, 0.4) is 0 Å². The van der Waals surface area contributed by atoms with Gasteiger partial charge in [-0.3, -0.25) is 4.79 Å². The van der Waals surface area contributed by atoms with Crippen LogP contribution in [0, 0.1) is 5.92 Å². The second kappa shape index (κ2) is 7.43. The lowest BCUT2D eigenvalue weighted by Crippen LogP contribution is -2.26. The lowest BCUT2D eigenvalue weighted by molar-refractivity contribution is -0.118. The van der Waals surface area contributed by atoms with E-state index in [4.69, 9.17) is 5.11 Å². The molecular weight excluding hydrogens is 270 g/mol. The monoisotopic (exact) mass is 287 g/mol. The third kappa shape index (κ3) is 5.55. The van der Waals surface area contributed by atoms with Gasteiger partial charge in [0.15, 0.2) is 0 Å². The summed E-state index contributed by atoms with van der Waals surface area (Å²) in [6, 6.07) is 1.60. The number of hydrogen-bond donors (Lipinski definition) is 2. The molecule has 0 spiro atoms. The van der Waals surface area contributed by atoms with Gasteiger partial charge in [-0.2, -0.15) is 0 Å². The first-order valence-corrected chi connectivity index (χ1v) is 7.57. The molecule has 0 radical (unpaired) electrons. The van der Waals surface area contributed by atoms with Crippen LogP contribution in [-0.4, -0.2) is 29.3 Å². The molecule has 1 rings (SSSR count). The number of hydrogen-bond acceptors (Lipinski definition) is 4. The Labute approximate surface area is 115 Å². The number of carboxylic acid groups (broad SMARTS) is 1. The number of carboxylic acids is 1. The minimum Gasteiger partial charge on any atom is -0.477 e. The van der Waals surface area contributed by atoms with Gasteiger partial charge in [-0.05, 0) is 18.4 Å². The predicted molar refractivity (Wildman–Crippen MR) is 74.5 cm³/mol. The van der Waals surface area contributed by atoms with Crippen molar-refractivity contribution >= 4 is 35.0 Å². The predicted octanol–water partition coefficient (Wildman–Crippen LogP) is 2.70. The lowest BCUT2D eigenvalue weighted by atomic mass is 10.1. The van der Waals surface area contributed by atoms with Crippen LogP contribution in [0.25, 0.3) is 0 Å². The molecule has 18 heavy (non-hydrogen) atoms. The summed E-state index contributed by atoms with van der Waals surface area (Å²) < 4.78 is 0. The second-order valence-corrected chi connectivity index (χ2v) is 6.23. The number of aromatic carboxylic acids is 1. The Morgan fingerprint density at radius 2 is 2.22 bits per heavy atom. The standard InChI is InChI=1S/C12H17NO3S2/c1-8(2)3-4-13-11(14)7-17-9-5-10(12(15)16)18-6-9/h5-6,8H,3-4,7H2,1-2H3,(H,13,14)(H,15,16). The average Bonchev–Trinajstić information content (AvgIpc) is 2.74. The number of amides is 1. The van der Waals surface area contributed by atoms with Gasteiger partial charge in [-0.1, -0.05) is 13.8 Å². The van der Waals surface area contributed by atoms with Crippen LogP contribution >= 0.6 is 23.1 Å². The Bertz CT molecular complexity index is 415. The molecule has 2 N–H and O–H groups in total. The molecule has 0 aromatic carbocycles. The van der Waals surface area contributed by atoms with Gasteiger partial charge in [-0.15, -0.1) is 23.1 Å². The van der Waals surface area contributed by atoms with Crippen molar-refractivity contribution in [2.45, 2.75) is 25.2 Å². The van der Waals surface area contributed by atoms with Gasteiger partial charge in [0.05, 0.1) is 5.75 Å². The first kappa shape index (κ1) is 15.0. The van der Waals surface area contributed by atoms with Crippen molar-refractivity contribution in [2.24, 2.45) is 5.92 Å². The summed E-state index contributed by atoms with van der Waals surface area (Å²) in [5.41, 5.74) is 0. The van der Waals surface area contributed by atoms with Gasteiger partial charge in [0.2, 0.25) is 5.91 Å². The topological polar surface area (TPSA) is 66.4 Å². The van der Waals surface area contributed by atoms with Crippen molar-refractivity contribution in [1.82, 2.24) is 5.32 Å². The maximum absolute atomic E-state index is 11.5. The smallest absolute Gasteiger partial charge is 0.345 e. The molecule has 0 saturated carbocycles. The van der Waals surface area contributed by atoms with E-state index in [-0.39, 0.29) is 5.91 Å². The first-order chi connectivity index (χ1) is 8.49. The number of thiophene rings is 1. The van der Waals surface area contributed by atoms with Crippen molar-refractivity contribution in [3.63, 3.8) is 0 Å². The van der Waals surface area contributed by atoms with Crippen molar-refractivity contribution in [3.05, 3.63) is 16.3 Å². The van der Waals surface area contributed by atoms with E-state index in [1.165, 1.54) is 23.1 Å². The summed E-state index contributed by atoms with van der Waals surface area (Å²) in [5.74, 6) is -0.0293. The van der Waals surface area contributed by atoms with Crippen LogP contribution in [0.2, 0.25) is 0 Å². The highest BCUT2D eigenvalue weighted by Crippen LogP contribution is 2.24. The highest BCUT2D eigenvalue weighted by molar-refractivity contribution is 8.00.